The van der Waals surface area contributed by atoms with Gasteiger partial charge < -0.3 is 13.3 Å². The summed E-state index contributed by atoms with van der Waals surface area (Å²) in [7, 11) is -2.51. The molecule has 0 aromatic heterocycles. The second kappa shape index (κ2) is 8.64. The number of hydrogen-bond donors (Lipinski definition) is 0. The van der Waals surface area contributed by atoms with E-state index in [1.165, 1.54) is 0 Å². The SMILES string of the molecule is CCCO[Si](CC)(OCCC)OC(C)(Br)CC. The number of halogens is 1. The van der Waals surface area contributed by atoms with Gasteiger partial charge in [0.1, 0.15) is 4.51 Å². The average Bonchev–Trinajstić information content (AvgIpc) is 2.32. The van der Waals surface area contributed by atoms with Gasteiger partial charge in [-0.25, -0.2) is 0 Å². The molecule has 0 amide bonds. The second-order valence-corrected chi connectivity index (χ2v) is 8.82. The van der Waals surface area contributed by atoms with Crippen LogP contribution in [0.5, 0.6) is 0 Å². The fourth-order valence-electron chi connectivity index (χ4n) is 1.29. The molecular weight excluding hydrogens is 300 g/mol. The molecule has 0 aliphatic heterocycles. The third-order valence-electron chi connectivity index (χ3n) is 2.49. The van der Waals surface area contributed by atoms with Crippen molar-refractivity contribution in [1.82, 2.24) is 0 Å². The molecule has 0 aromatic carbocycles. The Kier molecular flexibility index (Phi) is 8.93. The van der Waals surface area contributed by atoms with Crippen LogP contribution in [0, 0.1) is 0 Å². The van der Waals surface area contributed by atoms with Crippen molar-refractivity contribution >= 4 is 24.7 Å². The van der Waals surface area contributed by atoms with E-state index in [1.54, 1.807) is 0 Å². The Morgan fingerprint density at radius 3 is 1.76 bits per heavy atom. The van der Waals surface area contributed by atoms with E-state index in [4.69, 9.17) is 13.3 Å². The lowest BCUT2D eigenvalue weighted by Crippen LogP contribution is -2.50. The van der Waals surface area contributed by atoms with Crippen LogP contribution in [0.2, 0.25) is 6.04 Å². The van der Waals surface area contributed by atoms with Crippen molar-refractivity contribution < 1.29 is 13.3 Å². The maximum atomic E-state index is 6.14. The minimum atomic E-state index is -2.51. The Morgan fingerprint density at radius 1 is 1.00 bits per heavy atom. The molecule has 0 saturated carbocycles. The first kappa shape index (κ1) is 17.6. The molecule has 5 heteroatoms. The lowest BCUT2D eigenvalue weighted by Gasteiger charge is -2.35. The van der Waals surface area contributed by atoms with Crippen molar-refractivity contribution in [3.8, 4) is 0 Å². The largest absolute Gasteiger partial charge is 0.501 e. The van der Waals surface area contributed by atoms with Crippen molar-refractivity contribution in [1.29, 1.82) is 0 Å². The molecule has 3 nitrogen and oxygen atoms in total. The van der Waals surface area contributed by atoms with E-state index in [1.807, 2.05) is 6.92 Å². The van der Waals surface area contributed by atoms with Crippen molar-refractivity contribution in [2.75, 3.05) is 13.2 Å². The summed E-state index contributed by atoms with van der Waals surface area (Å²) in [6.07, 6.45) is 2.85. The third kappa shape index (κ3) is 6.91. The van der Waals surface area contributed by atoms with Crippen LogP contribution in [0.1, 0.15) is 53.9 Å². The van der Waals surface area contributed by atoms with E-state index in [9.17, 15) is 0 Å². The molecule has 0 saturated heterocycles. The molecule has 0 radical (unpaired) electrons. The topological polar surface area (TPSA) is 27.7 Å². The van der Waals surface area contributed by atoms with Gasteiger partial charge in [-0.2, -0.15) is 0 Å². The van der Waals surface area contributed by atoms with Gasteiger partial charge in [0.15, 0.2) is 0 Å². The highest BCUT2D eigenvalue weighted by Crippen LogP contribution is 2.30. The second-order valence-electron chi connectivity index (χ2n) is 4.29. The van der Waals surface area contributed by atoms with E-state index < -0.39 is 8.80 Å². The predicted molar refractivity (Wildman–Crippen MR) is 77.4 cm³/mol. The standard InChI is InChI=1S/C12H27BrO3Si/c1-6-10-14-17(9-4,15-11-7-2)16-12(5,13)8-3/h6-11H2,1-5H3. The zero-order chi connectivity index (χ0) is 13.4. The molecule has 17 heavy (non-hydrogen) atoms. The van der Waals surface area contributed by atoms with Crippen LogP contribution in [0.15, 0.2) is 0 Å². The van der Waals surface area contributed by atoms with Crippen molar-refractivity contribution in [3.05, 3.63) is 0 Å². The monoisotopic (exact) mass is 326 g/mol. The van der Waals surface area contributed by atoms with Gasteiger partial charge in [-0.1, -0.05) is 43.6 Å². The van der Waals surface area contributed by atoms with E-state index in [0.717, 1.165) is 25.3 Å². The summed E-state index contributed by atoms with van der Waals surface area (Å²) in [5, 5.41) is 0. The Morgan fingerprint density at radius 2 is 1.47 bits per heavy atom. The molecule has 104 valence electrons. The van der Waals surface area contributed by atoms with Crippen LogP contribution in [0.4, 0.5) is 0 Å². The zero-order valence-electron chi connectivity index (χ0n) is 11.8. The summed E-state index contributed by atoms with van der Waals surface area (Å²) < 4.78 is 17.7. The lowest BCUT2D eigenvalue weighted by molar-refractivity contribution is 0.0215. The zero-order valence-corrected chi connectivity index (χ0v) is 14.4. The Bertz CT molecular complexity index is 192. The molecule has 1 unspecified atom stereocenters. The van der Waals surface area contributed by atoms with Gasteiger partial charge in [0, 0.05) is 19.3 Å². The molecular formula is C12H27BrO3Si. The van der Waals surface area contributed by atoms with Crippen LogP contribution in [0.25, 0.3) is 0 Å². The normalized spacial score (nSPS) is 15.9. The smallest absolute Gasteiger partial charge is 0.373 e. The molecule has 0 N–H and O–H groups in total. The quantitative estimate of drug-likeness (QED) is 0.441. The fourth-order valence-corrected chi connectivity index (χ4v) is 4.61. The van der Waals surface area contributed by atoms with Crippen molar-refractivity contribution in [2.24, 2.45) is 0 Å². The maximum absolute atomic E-state index is 6.14. The summed E-state index contributed by atoms with van der Waals surface area (Å²) in [5.74, 6) is 0. The summed E-state index contributed by atoms with van der Waals surface area (Å²) in [6, 6.07) is 0.814. The first-order chi connectivity index (χ1) is 7.95. The minimum Gasteiger partial charge on any atom is -0.373 e. The molecule has 1 atom stereocenters. The van der Waals surface area contributed by atoms with Gasteiger partial charge in [-0.3, -0.25) is 0 Å². The van der Waals surface area contributed by atoms with Crippen LogP contribution >= 0.6 is 15.9 Å². The third-order valence-corrected chi connectivity index (χ3v) is 6.42. The number of hydrogen-bond acceptors (Lipinski definition) is 3. The Balaban J connectivity index is 4.64. The van der Waals surface area contributed by atoms with E-state index in [2.05, 4.69) is 43.6 Å². The average molecular weight is 327 g/mol. The Labute approximate surface area is 116 Å². The lowest BCUT2D eigenvalue weighted by atomic mass is 10.3. The summed E-state index contributed by atoms with van der Waals surface area (Å²) in [5.41, 5.74) is 0. The number of alkyl halides is 1. The molecule has 0 rings (SSSR count). The highest BCUT2D eigenvalue weighted by Gasteiger charge is 2.44. The first-order valence-corrected chi connectivity index (χ1v) is 9.34. The van der Waals surface area contributed by atoms with Crippen molar-refractivity contribution in [3.63, 3.8) is 0 Å². The van der Waals surface area contributed by atoms with E-state index in [0.29, 0.717) is 13.2 Å². The van der Waals surface area contributed by atoms with Gasteiger partial charge in [0.2, 0.25) is 0 Å². The summed E-state index contributed by atoms with van der Waals surface area (Å²) in [4.78, 5) is 0. The molecule has 0 aliphatic rings. The fraction of sp³-hybridized carbons (Fsp3) is 1.00. The highest BCUT2D eigenvalue weighted by molar-refractivity contribution is 9.10. The van der Waals surface area contributed by atoms with Crippen LogP contribution < -0.4 is 0 Å². The Hall–Kier alpha value is 0.577. The van der Waals surface area contributed by atoms with Gasteiger partial charge in [0.05, 0.1) is 0 Å². The van der Waals surface area contributed by atoms with Crippen LogP contribution in [0.3, 0.4) is 0 Å². The minimum absolute atomic E-state index is 0.350. The van der Waals surface area contributed by atoms with E-state index >= 15 is 0 Å². The molecule has 0 bridgehead atoms. The van der Waals surface area contributed by atoms with Gasteiger partial charge in [-0.05, 0) is 26.2 Å². The molecule has 0 aromatic rings. The van der Waals surface area contributed by atoms with E-state index in [-0.39, 0.29) is 4.51 Å². The summed E-state index contributed by atoms with van der Waals surface area (Å²) in [6.45, 7) is 11.8. The van der Waals surface area contributed by atoms with Crippen LogP contribution in [-0.4, -0.2) is 26.5 Å². The van der Waals surface area contributed by atoms with Crippen LogP contribution in [-0.2, 0) is 13.3 Å². The van der Waals surface area contributed by atoms with Gasteiger partial charge >= 0.3 is 8.80 Å². The maximum Gasteiger partial charge on any atom is 0.501 e. The first-order valence-electron chi connectivity index (χ1n) is 6.62. The molecule has 0 heterocycles. The molecule has 0 aliphatic carbocycles. The molecule has 0 spiro atoms. The van der Waals surface area contributed by atoms with Gasteiger partial charge in [-0.15, -0.1) is 0 Å². The van der Waals surface area contributed by atoms with Crippen molar-refractivity contribution in [2.45, 2.75) is 64.4 Å². The van der Waals surface area contributed by atoms with Gasteiger partial charge in [0.25, 0.3) is 0 Å². The molecule has 0 fully saturated rings. The predicted octanol–water partition coefficient (Wildman–Crippen LogP) is 4.34. The summed E-state index contributed by atoms with van der Waals surface area (Å²) >= 11 is 3.59. The highest BCUT2D eigenvalue weighted by atomic mass is 79.9. The number of rotatable bonds is 10.